The Morgan fingerprint density at radius 3 is 2.80 bits per heavy atom. The van der Waals surface area contributed by atoms with Crippen molar-refractivity contribution >= 4 is 23.4 Å². The van der Waals surface area contributed by atoms with Crippen LogP contribution in [0.15, 0.2) is 18.2 Å². The molecule has 0 radical (unpaired) electrons. The molecule has 0 aromatic heterocycles. The normalized spacial score (nSPS) is 20.7. The fourth-order valence-electron chi connectivity index (χ4n) is 2.61. The minimum absolute atomic E-state index is 0.0888. The molecule has 0 spiro atoms. The number of carbonyl (C=O) groups excluding carboxylic acids is 3. The summed E-state index contributed by atoms with van der Waals surface area (Å²) < 4.78 is 0. The van der Waals surface area contributed by atoms with Crippen molar-refractivity contribution in [1.82, 2.24) is 10.6 Å². The van der Waals surface area contributed by atoms with Crippen LogP contribution in [0.5, 0.6) is 0 Å². The molecule has 1 aromatic rings. The second kappa shape index (κ2) is 5.05. The van der Waals surface area contributed by atoms with Gasteiger partial charge in [0.15, 0.2) is 0 Å². The van der Waals surface area contributed by atoms with E-state index in [0.29, 0.717) is 23.2 Å². The molecule has 3 amide bonds. The maximum atomic E-state index is 11.9. The Hall–Kier alpha value is -2.21. The van der Waals surface area contributed by atoms with Crippen LogP contribution in [0.2, 0.25) is 0 Å². The van der Waals surface area contributed by atoms with Gasteiger partial charge >= 0.3 is 0 Å². The van der Waals surface area contributed by atoms with E-state index in [-0.39, 0.29) is 11.9 Å². The van der Waals surface area contributed by atoms with Gasteiger partial charge in [0, 0.05) is 18.2 Å². The van der Waals surface area contributed by atoms with E-state index in [1.807, 2.05) is 0 Å². The maximum absolute atomic E-state index is 11.9. The van der Waals surface area contributed by atoms with Gasteiger partial charge in [-0.1, -0.05) is 0 Å². The second-order valence-corrected chi connectivity index (χ2v) is 5.09. The standard InChI is InChI=1S/C14H15N3O3/c18-12(7-8-2-1-5-15-8)16-9-3-4-10-11(6-9)14(20)17-13(10)19/h3-4,6,8,15H,1-2,5,7H2,(H,16,18)(H,17,19,20). The van der Waals surface area contributed by atoms with Gasteiger partial charge in [0.25, 0.3) is 11.8 Å². The summed E-state index contributed by atoms with van der Waals surface area (Å²) in [5.41, 5.74) is 1.20. The third kappa shape index (κ3) is 2.42. The summed E-state index contributed by atoms with van der Waals surface area (Å²) in [4.78, 5) is 34.8. The van der Waals surface area contributed by atoms with E-state index in [4.69, 9.17) is 0 Å². The van der Waals surface area contributed by atoms with Gasteiger partial charge in [0.2, 0.25) is 5.91 Å². The summed E-state index contributed by atoms with van der Waals surface area (Å²) in [5, 5.41) is 8.24. The molecule has 1 fully saturated rings. The number of fused-ring (bicyclic) bond motifs is 1. The molecule has 0 bridgehead atoms. The number of benzene rings is 1. The van der Waals surface area contributed by atoms with Gasteiger partial charge in [0.1, 0.15) is 0 Å². The number of imide groups is 1. The number of amides is 3. The Kier molecular flexibility index (Phi) is 3.23. The number of rotatable bonds is 3. The van der Waals surface area contributed by atoms with Crippen LogP contribution in [-0.2, 0) is 4.79 Å². The molecule has 0 saturated carbocycles. The third-order valence-corrected chi connectivity index (χ3v) is 3.61. The summed E-state index contributed by atoms with van der Waals surface area (Å²) in [5.74, 6) is -0.898. The monoisotopic (exact) mass is 273 g/mol. The molecule has 6 heteroatoms. The zero-order valence-electron chi connectivity index (χ0n) is 10.9. The Morgan fingerprint density at radius 1 is 1.25 bits per heavy atom. The van der Waals surface area contributed by atoms with Crippen molar-refractivity contribution in [3.05, 3.63) is 29.3 Å². The lowest BCUT2D eigenvalue weighted by Crippen LogP contribution is -2.27. The SMILES string of the molecule is O=C(CC1CCCN1)Nc1ccc2c(c1)C(=O)NC2=O. The minimum Gasteiger partial charge on any atom is -0.326 e. The van der Waals surface area contributed by atoms with E-state index < -0.39 is 11.8 Å². The van der Waals surface area contributed by atoms with Gasteiger partial charge in [-0.2, -0.15) is 0 Å². The van der Waals surface area contributed by atoms with Crippen LogP contribution in [0.1, 0.15) is 40.0 Å². The van der Waals surface area contributed by atoms with Gasteiger partial charge in [-0.3, -0.25) is 19.7 Å². The Labute approximate surface area is 115 Å². The van der Waals surface area contributed by atoms with Gasteiger partial charge < -0.3 is 10.6 Å². The van der Waals surface area contributed by atoms with Crippen LogP contribution in [0.25, 0.3) is 0 Å². The number of hydrogen-bond acceptors (Lipinski definition) is 4. The highest BCUT2D eigenvalue weighted by atomic mass is 16.2. The molecule has 2 aliphatic rings. The average molecular weight is 273 g/mol. The van der Waals surface area contributed by atoms with Crippen molar-refractivity contribution in [2.75, 3.05) is 11.9 Å². The largest absolute Gasteiger partial charge is 0.326 e. The average Bonchev–Trinajstić information content (AvgIpc) is 2.99. The predicted molar refractivity (Wildman–Crippen MR) is 72.5 cm³/mol. The molecule has 20 heavy (non-hydrogen) atoms. The van der Waals surface area contributed by atoms with E-state index in [1.165, 1.54) is 6.07 Å². The fraction of sp³-hybridized carbons (Fsp3) is 0.357. The zero-order chi connectivity index (χ0) is 14.1. The lowest BCUT2D eigenvalue weighted by atomic mass is 10.1. The van der Waals surface area contributed by atoms with Crippen LogP contribution >= 0.6 is 0 Å². The number of carbonyl (C=O) groups is 3. The molecule has 1 unspecified atom stereocenters. The van der Waals surface area contributed by atoms with E-state index in [0.717, 1.165) is 19.4 Å². The summed E-state index contributed by atoms with van der Waals surface area (Å²) in [7, 11) is 0. The first kappa shape index (κ1) is 12.8. The van der Waals surface area contributed by atoms with Crippen molar-refractivity contribution < 1.29 is 14.4 Å². The van der Waals surface area contributed by atoms with E-state index in [9.17, 15) is 14.4 Å². The first-order valence-electron chi connectivity index (χ1n) is 6.66. The smallest absolute Gasteiger partial charge is 0.259 e. The van der Waals surface area contributed by atoms with Crippen LogP contribution in [-0.4, -0.2) is 30.3 Å². The van der Waals surface area contributed by atoms with Crippen molar-refractivity contribution in [2.24, 2.45) is 0 Å². The van der Waals surface area contributed by atoms with Crippen molar-refractivity contribution in [3.63, 3.8) is 0 Å². The molecular formula is C14H15N3O3. The van der Waals surface area contributed by atoms with E-state index in [2.05, 4.69) is 16.0 Å². The Balaban J connectivity index is 1.69. The molecular weight excluding hydrogens is 258 g/mol. The minimum atomic E-state index is -0.418. The van der Waals surface area contributed by atoms with Gasteiger partial charge in [-0.15, -0.1) is 0 Å². The zero-order valence-corrected chi connectivity index (χ0v) is 10.9. The summed E-state index contributed by atoms with van der Waals surface area (Å²) in [6, 6.07) is 4.96. The van der Waals surface area contributed by atoms with Crippen molar-refractivity contribution in [3.8, 4) is 0 Å². The Bertz CT molecular complexity index is 591. The van der Waals surface area contributed by atoms with E-state index in [1.54, 1.807) is 12.1 Å². The van der Waals surface area contributed by atoms with Gasteiger partial charge in [0.05, 0.1) is 11.1 Å². The van der Waals surface area contributed by atoms with Crippen LogP contribution < -0.4 is 16.0 Å². The summed E-state index contributed by atoms with van der Waals surface area (Å²) in [6.45, 7) is 0.957. The summed E-state index contributed by atoms with van der Waals surface area (Å²) in [6.07, 6.45) is 2.52. The van der Waals surface area contributed by atoms with Crippen molar-refractivity contribution in [1.29, 1.82) is 0 Å². The highest BCUT2D eigenvalue weighted by Gasteiger charge is 2.27. The van der Waals surface area contributed by atoms with Crippen molar-refractivity contribution in [2.45, 2.75) is 25.3 Å². The fourth-order valence-corrected chi connectivity index (χ4v) is 2.61. The second-order valence-electron chi connectivity index (χ2n) is 5.09. The molecule has 0 aliphatic carbocycles. The first-order valence-corrected chi connectivity index (χ1v) is 6.66. The highest BCUT2D eigenvalue weighted by molar-refractivity contribution is 6.22. The highest BCUT2D eigenvalue weighted by Crippen LogP contribution is 2.20. The van der Waals surface area contributed by atoms with Crippen LogP contribution in [0.4, 0.5) is 5.69 Å². The summed E-state index contributed by atoms with van der Waals surface area (Å²) >= 11 is 0. The number of hydrogen-bond donors (Lipinski definition) is 3. The molecule has 3 N–H and O–H groups in total. The quantitative estimate of drug-likeness (QED) is 0.706. The third-order valence-electron chi connectivity index (χ3n) is 3.61. The maximum Gasteiger partial charge on any atom is 0.259 e. The molecule has 2 heterocycles. The molecule has 1 aromatic carbocycles. The first-order chi connectivity index (χ1) is 9.63. The number of nitrogens with one attached hydrogen (secondary N) is 3. The molecule has 2 aliphatic heterocycles. The van der Waals surface area contributed by atoms with Gasteiger partial charge in [-0.25, -0.2) is 0 Å². The Morgan fingerprint density at radius 2 is 2.05 bits per heavy atom. The molecule has 104 valence electrons. The molecule has 1 atom stereocenters. The number of anilines is 1. The molecule has 1 saturated heterocycles. The molecule has 6 nitrogen and oxygen atoms in total. The van der Waals surface area contributed by atoms with Crippen LogP contribution in [0, 0.1) is 0 Å². The van der Waals surface area contributed by atoms with E-state index >= 15 is 0 Å². The van der Waals surface area contributed by atoms with Gasteiger partial charge in [-0.05, 0) is 37.6 Å². The topological polar surface area (TPSA) is 87.3 Å². The molecule has 3 rings (SSSR count). The lowest BCUT2D eigenvalue weighted by Gasteiger charge is -2.10. The predicted octanol–water partition coefficient (Wildman–Crippen LogP) is 0.651. The van der Waals surface area contributed by atoms with Crippen LogP contribution in [0.3, 0.4) is 0 Å². The lowest BCUT2D eigenvalue weighted by molar-refractivity contribution is -0.116.